The zero-order chi connectivity index (χ0) is 12.1. The fraction of sp³-hybridized carbons (Fsp3) is 0.643. The minimum atomic E-state index is -0.708. The highest BCUT2D eigenvalue weighted by molar-refractivity contribution is 5.66. The second kappa shape index (κ2) is 12.0. The second-order valence-electron chi connectivity index (χ2n) is 3.99. The van der Waals surface area contributed by atoms with Crippen molar-refractivity contribution in [1.29, 1.82) is 0 Å². The van der Waals surface area contributed by atoms with E-state index in [1.54, 1.807) is 0 Å². The first-order valence-corrected chi connectivity index (χ1v) is 6.30. The van der Waals surface area contributed by atoms with Gasteiger partial charge < -0.3 is 5.11 Å². The van der Waals surface area contributed by atoms with Gasteiger partial charge in [-0.05, 0) is 25.7 Å². The lowest BCUT2D eigenvalue weighted by molar-refractivity contribution is -0.137. The Bertz CT molecular complexity index is 217. The third kappa shape index (κ3) is 12.9. The molecular formula is C14H24O2. The molecule has 0 spiro atoms. The number of aliphatic carboxylic acids is 1. The van der Waals surface area contributed by atoms with Gasteiger partial charge in [-0.25, -0.2) is 0 Å². The third-order valence-electron chi connectivity index (χ3n) is 2.37. The van der Waals surface area contributed by atoms with Crippen LogP contribution in [0.25, 0.3) is 0 Å². The third-order valence-corrected chi connectivity index (χ3v) is 2.37. The van der Waals surface area contributed by atoms with Crippen LogP contribution < -0.4 is 0 Å². The SMILES string of the molecule is CCCCCCC=CC=CCCCC(=O)O. The first-order valence-electron chi connectivity index (χ1n) is 6.30. The van der Waals surface area contributed by atoms with Crippen LogP contribution in [0.4, 0.5) is 0 Å². The molecule has 0 amide bonds. The Morgan fingerprint density at radius 3 is 2.19 bits per heavy atom. The average molecular weight is 224 g/mol. The molecule has 0 atom stereocenters. The van der Waals surface area contributed by atoms with Gasteiger partial charge in [-0.3, -0.25) is 4.79 Å². The molecule has 16 heavy (non-hydrogen) atoms. The summed E-state index contributed by atoms with van der Waals surface area (Å²) in [6, 6.07) is 0. The van der Waals surface area contributed by atoms with Crippen LogP contribution in [0, 0.1) is 0 Å². The van der Waals surface area contributed by atoms with Gasteiger partial charge in [-0.1, -0.05) is 50.5 Å². The zero-order valence-electron chi connectivity index (χ0n) is 10.3. The molecule has 0 heterocycles. The number of carbonyl (C=O) groups is 1. The lowest BCUT2D eigenvalue weighted by Crippen LogP contribution is -1.92. The first kappa shape index (κ1) is 14.9. The van der Waals surface area contributed by atoms with Crippen molar-refractivity contribution in [3.63, 3.8) is 0 Å². The minimum absolute atomic E-state index is 0.269. The highest BCUT2D eigenvalue weighted by atomic mass is 16.4. The van der Waals surface area contributed by atoms with E-state index in [9.17, 15) is 4.79 Å². The molecule has 0 saturated heterocycles. The standard InChI is InChI=1S/C14H24O2/c1-2-3-4-5-6-7-8-9-10-11-12-13-14(15)16/h7-10H,2-6,11-13H2,1H3,(H,15,16). The van der Waals surface area contributed by atoms with Crippen molar-refractivity contribution >= 4 is 5.97 Å². The van der Waals surface area contributed by atoms with E-state index in [1.165, 1.54) is 25.7 Å². The lowest BCUT2D eigenvalue weighted by Gasteiger charge is -1.93. The van der Waals surface area contributed by atoms with Gasteiger partial charge in [0.1, 0.15) is 0 Å². The number of unbranched alkanes of at least 4 members (excludes halogenated alkanes) is 5. The van der Waals surface area contributed by atoms with Crippen LogP contribution in [-0.2, 0) is 4.79 Å². The van der Waals surface area contributed by atoms with Crippen LogP contribution in [-0.4, -0.2) is 11.1 Å². The van der Waals surface area contributed by atoms with Crippen LogP contribution in [0.3, 0.4) is 0 Å². The van der Waals surface area contributed by atoms with Crippen LogP contribution in [0.2, 0.25) is 0 Å². The van der Waals surface area contributed by atoms with Gasteiger partial charge in [0, 0.05) is 6.42 Å². The van der Waals surface area contributed by atoms with E-state index < -0.39 is 5.97 Å². The number of carboxylic acids is 1. The fourth-order valence-electron chi connectivity index (χ4n) is 1.41. The highest BCUT2D eigenvalue weighted by Gasteiger charge is 1.92. The maximum atomic E-state index is 10.2. The van der Waals surface area contributed by atoms with Crippen molar-refractivity contribution in [3.8, 4) is 0 Å². The predicted octanol–water partition coefficient (Wildman–Crippen LogP) is 4.32. The predicted molar refractivity (Wildman–Crippen MR) is 68.5 cm³/mol. The maximum Gasteiger partial charge on any atom is 0.303 e. The molecule has 0 aliphatic carbocycles. The zero-order valence-corrected chi connectivity index (χ0v) is 10.3. The summed E-state index contributed by atoms with van der Waals surface area (Å²) in [4.78, 5) is 10.2. The summed E-state index contributed by atoms with van der Waals surface area (Å²) in [7, 11) is 0. The van der Waals surface area contributed by atoms with E-state index in [1.807, 2.05) is 12.2 Å². The molecule has 0 aromatic rings. The van der Waals surface area contributed by atoms with E-state index >= 15 is 0 Å². The molecule has 0 saturated carbocycles. The summed E-state index contributed by atoms with van der Waals surface area (Å²) in [6.07, 6.45) is 16.5. The van der Waals surface area contributed by atoms with Crippen molar-refractivity contribution in [1.82, 2.24) is 0 Å². The fourth-order valence-corrected chi connectivity index (χ4v) is 1.41. The maximum absolute atomic E-state index is 10.2. The van der Waals surface area contributed by atoms with Gasteiger partial charge in [0.25, 0.3) is 0 Å². The first-order chi connectivity index (χ1) is 7.77. The quantitative estimate of drug-likeness (QED) is 0.443. The highest BCUT2D eigenvalue weighted by Crippen LogP contribution is 2.03. The van der Waals surface area contributed by atoms with Crippen LogP contribution in [0.5, 0.6) is 0 Å². The summed E-state index contributed by atoms with van der Waals surface area (Å²) >= 11 is 0. The molecule has 0 rings (SSSR count). The molecule has 0 unspecified atom stereocenters. The molecule has 1 N–H and O–H groups in total. The molecule has 2 heteroatoms. The van der Waals surface area contributed by atoms with Crippen LogP contribution >= 0.6 is 0 Å². The number of rotatable bonds is 10. The van der Waals surface area contributed by atoms with Crippen molar-refractivity contribution in [2.45, 2.75) is 58.3 Å². The molecule has 0 aromatic heterocycles. The molecule has 2 nitrogen and oxygen atoms in total. The van der Waals surface area contributed by atoms with E-state index in [4.69, 9.17) is 5.11 Å². The Morgan fingerprint density at radius 1 is 1.00 bits per heavy atom. The summed E-state index contributed by atoms with van der Waals surface area (Å²) in [6.45, 7) is 2.22. The second-order valence-corrected chi connectivity index (χ2v) is 3.99. The van der Waals surface area contributed by atoms with Gasteiger partial charge in [0.15, 0.2) is 0 Å². The van der Waals surface area contributed by atoms with Gasteiger partial charge in [0.05, 0.1) is 0 Å². The van der Waals surface area contributed by atoms with Crippen molar-refractivity contribution in [3.05, 3.63) is 24.3 Å². The van der Waals surface area contributed by atoms with Crippen molar-refractivity contribution in [2.24, 2.45) is 0 Å². The monoisotopic (exact) mass is 224 g/mol. The van der Waals surface area contributed by atoms with Crippen LogP contribution in [0.15, 0.2) is 24.3 Å². The van der Waals surface area contributed by atoms with Crippen LogP contribution in [0.1, 0.15) is 58.3 Å². The Hall–Kier alpha value is -1.05. The average Bonchev–Trinajstić information content (AvgIpc) is 2.25. The summed E-state index contributed by atoms with van der Waals surface area (Å²) in [5, 5.41) is 8.42. The molecule has 92 valence electrons. The van der Waals surface area contributed by atoms with Crippen molar-refractivity contribution < 1.29 is 9.90 Å². The smallest absolute Gasteiger partial charge is 0.303 e. The summed E-state index contributed by atoms with van der Waals surface area (Å²) in [5.74, 6) is -0.708. The molecular weight excluding hydrogens is 200 g/mol. The van der Waals surface area contributed by atoms with E-state index in [0.717, 1.165) is 19.3 Å². The molecule has 0 aliphatic heterocycles. The topological polar surface area (TPSA) is 37.3 Å². The van der Waals surface area contributed by atoms with Gasteiger partial charge in [-0.2, -0.15) is 0 Å². The largest absolute Gasteiger partial charge is 0.481 e. The number of carboxylic acid groups (broad SMARTS) is 1. The molecule has 0 aliphatic rings. The van der Waals surface area contributed by atoms with Gasteiger partial charge >= 0.3 is 5.97 Å². The Morgan fingerprint density at radius 2 is 1.62 bits per heavy atom. The molecule has 0 radical (unpaired) electrons. The van der Waals surface area contributed by atoms with E-state index in [0.29, 0.717) is 0 Å². The summed E-state index contributed by atoms with van der Waals surface area (Å²) in [5.41, 5.74) is 0. The van der Waals surface area contributed by atoms with Gasteiger partial charge in [0.2, 0.25) is 0 Å². The molecule has 0 bridgehead atoms. The van der Waals surface area contributed by atoms with Gasteiger partial charge in [-0.15, -0.1) is 0 Å². The Balaban J connectivity index is 3.24. The molecule has 0 aromatic carbocycles. The lowest BCUT2D eigenvalue weighted by atomic mass is 10.1. The number of hydrogen-bond acceptors (Lipinski definition) is 1. The molecule has 0 fully saturated rings. The Kier molecular flexibility index (Phi) is 11.2. The Labute approximate surface area is 99.1 Å². The summed E-state index contributed by atoms with van der Waals surface area (Å²) < 4.78 is 0. The minimum Gasteiger partial charge on any atom is -0.481 e. The van der Waals surface area contributed by atoms with E-state index in [-0.39, 0.29) is 6.42 Å². The number of allylic oxidation sites excluding steroid dienone is 4. The normalized spacial score (nSPS) is 11.6. The van der Waals surface area contributed by atoms with Crippen molar-refractivity contribution in [2.75, 3.05) is 0 Å². The van der Waals surface area contributed by atoms with E-state index in [2.05, 4.69) is 19.1 Å². The number of hydrogen-bond donors (Lipinski definition) is 1.